The van der Waals surface area contributed by atoms with Crippen molar-refractivity contribution in [2.45, 2.75) is 39.0 Å². The number of nitrogens with one attached hydrogen (secondary N) is 5. The number of nitrogens with zero attached hydrogens (tertiary/aromatic N) is 3. The summed E-state index contributed by atoms with van der Waals surface area (Å²) in [6.45, 7) is 37.6. The minimum Gasteiger partial charge on any atom is -0.394 e. The second kappa shape index (κ2) is 97.1. The summed E-state index contributed by atoms with van der Waals surface area (Å²) in [4.78, 5) is 7.39. The lowest BCUT2D eigenvalue weighted by Gasteiger charge is -2.34. The number of rotatable bonds is 56. The molecular formula is C54H139N19O10. The predicted molar refractivity (Wildman–Crippen MR) is 344 cm³/mol. The molecule has 0 saturated carbocycles. The van der Waals surface area contributed by atoms with Crippen LogP contribution in [0.1, 0.15) is 39.0 Å². The second-order valence-electron chi connectivity index (χ2n) is 18.2. The van der Waals surface area contributed by atoms with Gasteiger partial charge in [0.25, 0.3) is 0 Å². The second-order valence-corrected chi connectivity index (χ2v) is 18.2. The highest BCUT2D eigenvalue weighted by Crippen LogP contribution is 2.03. The van der Waals surface area contributed by atoms with Gasteiger partial charge in [0.2, 0.25) is 0 Å². The normalized spacial score (nSPS) is 12.1. The summed E-state index contributed by atoms with van der Waals surface area (Å²) in [5.41, 5.74) is 58.1. The van der Waals surface area contributed by atoms with E-state index in [2.05, 4.69) is 55.3 Å². The van der Waals surface area contributed by atoms with Crippen molar-refractivity contribution in [1.29, 1.82) is 0 Å². The molecule has 0 unspecified atom stereocenters. The number of aliphatic hydroxyl groups is 2. The van der Waals surface area contributed by atoms with E-state index in [0.29, 0.717) is 158 Å². The zero-order valence-electron chi connectivity index (χ0n) is 53.1. The maximum atomic E-state index is 8.37. The van der Waals surface area contributed by atoms with Gasteiger partial charge in [-0.25, -0.2) is 0 Å². The quantitative estimate of drug-likeness (QED) is 0.0252. The van der Waals surface area contributed by atoms with E-state index in [1.54, 1.807) is 0 Å². The summed E-state index contributed by atoms with van der Waals surface area (Å²) in [5.74, 6) is 0. The molecule has 510 valence electrons. The molecule has 0 aromatic rings. The molecule has 1 aliphatic rings. The van der Waals surface area contributed by atoms with Gasteiger partial charge in [0.1, 0.15) is 0 Å². The summed E-state index contributed by atoms with van der Waals surface area (Å²) in [7, 11) is 2.10. The summed E-state index contributed by atoms with van der Waals surface area (Å²) in [6, 6.07) is 0. The van der Waals surface area contributed by atoms with Crippen molar-refractivity contribution in [2.75, 3.05) is 316 Å². The standard InChI is InChI=1S/C11H25N3.C10H28N6.C8H20N2O3.C8H19NO4.C7H19N3.C6H15NO3.C4H13N3/c1-2-3-6-13-8-10-14(11-9-13)7-4-5-12;11-1-3-13-5-7-15-9-10-16-8-6-14-4-2-12;2*9-1-3-11-5-7-13-8-6-12-4-2-10;1-10(6-2-4-8)7-3-5-9;7-1-3-9-5-6-10-4-2-8;5-1-3-7-4-2-6/h2-12H2,1H3;13-16H,1-12H2;1-10H2;10H,1-9H2;2-9H2,1H3;8H,1-7H2;7H,1-6H2. The van der Waals surface area contributed by atoms with Crippen LogP contribution in [0.15, 0.2) is 0 Å². The number of piperazine rings is 1. The third-order valence-corrected chi connectivity index (χ3v) is 10.6. The lowest BCUT2D eigenvalue weighted by Crippen LogP contribution is -2.46. The van der Waals surface area contributed by atoms with E-state index >= 15 is 0 Å². The molecule has 29 nitrogen and oxygen atoms in total. The zero-order chi connectivity index (χ0) is 62.7. The van der Waals surface area contributed by atoms with Crippen LogP contribution in [0.5, 0.6) is 0 Å². The number of hydrogen-bond donors (Lipinski definition) is 18. The zero-order valence-corrected chi connectivity index (χ0v) is 53.1. The number of aliphatic hydroxyl groups excluding tert-OH is 2. The van der Waals surface area contributed by atoms with Crippen LogP contribution in [-0.2, 0) is 37.9 Å². The van der Waals surface area contributed by atoms with E-state index in [1.807, 2.05) is 0 Å². The highest BCUT2D eigenvalue weighted by Gasteiger charge is 2.15. The lowest BCUT2D eigenvalue weighted by atomic mass is 10.2. The Labute approximate surface area is 505 Å². The fraction of sp³-hybridized carbons (Fsp3) is 1.00. The van der Waals surface area contributed by atoms with Crippen molar-refractivity contribution in [3.05, 3.63) is 0 Å². The van der Waals surface area contributed by atoms with E-state index in [9.17, 15) is 0 Å². The van der Waals surface area contributed by atoms with Crippen molar-refractivity contribution in [3.8, 4) is 0 Å². The van der Waals surface area contributed by atoms with E-state index in [-0.39, 0.29) is 13.2 Å². The van der Waals surface area contributed by atoms with Crippen LogP contribution >= 0.6 is 0 Å². The van der Waals surface area contributed by atoms with E-state index in [1.165, 1.54) is 52.1 Å². The molecule has 1 heterocycles. The molecule has 1 aliphatic heterocycles. The molecule has 0 radical (unpaired) electrons. The largest absolute Gasteiger partial charge is 0.394 e. The van der Waals surface area contributed by atoms with Gasteiger partial charge < -0.3 is 152 Å². The average molecular weight is 1210 g/mol. The highest BCUT2D eigenvalue weighted by atomic mass is 16.6. The molecule has 83 heavy (non-hydrogen) atoms. The van der Waals surface area contributed by atoms with Crippen molar-refractivity contribution in [3.63, 3.8) is 0 Å². The van der Waals surface area contributed by atoms with Gasteiger partial charge in [0.15, 0.2) is 0 Å². The van der Waals surface area contributed by atoms with E-state index in [0.717, 1.165) is 117 Å². The molecule has 1 rings (SSSR count). The van der Waals surface area contributed by atoms with Crippen LogP contribution in [-0.4, -0.2) is 341 Å². The Bertz CT molecular complexity index is 923. The van der Waals surface area contributed by atoms with Crippen molar-refractivity contribution in [2.24, 2.45) is 63.1 Å². The first-order valence-electron chi connectivity index (χ1n) is 31.0. The molecule has 1 fully saturated rings. The lowest BCUT2D eigenvalue weighted by molar-refractivity contribution is 0.00888. The van der Waals surface area contributed by atoms with Crippen molar-refractivity contribution in [1.82, 2.24) is 41.3 Å². The molecular weight excluding hydrogens is 1070 g/mol. The Morgan fingerprint density at radius 3 is 0.795 bits per heavy atom. The molecule has 0 amide bonds. The average Bonchev–Trinajstić information content (AvgIpc) is 3.51. The highest BCUT2D eigenvalue weighted by molar-refractivity contribution is 4.71. The molecule has 0 aliphatic carbocycles. The molecule has 29 N–H and O–H groups in total. The van der Waals surface area contributed by atoms with Crippen LogP contribution in [0.25, 0.3) is 0 Å². The molecule has 0 aromatic heterocycles. The Hall–Kier alpha value is -1.16. The molecule has 0 spiro atoms. The fourth-order valence-electron chi connectivity index (χ4n) is 6.20. The number of unbranched alkanes of at least 4 members (excludes halogenated alkanes) is 1. The van der Waals surface area contributed by atoms with Gasteiger partial charge in [-0.2, -0.15) is 0 Å². The summed E-state index contributed by atoms with van der Waals surface area (Å²) < 4.78 is 40.5. The predicted octanol–water partition coefficient (Wildman–Crippen LogP) is -6.96. The maximum absolute atomic E-state index is 8.37. The Morgan fingerprint density at radius 2 is 0.554 bits per heavy atom. The van der Waals surface area contributed by atoms with Gasteiger partial charge >= 0.3 is 0 Å². The minimum atomic E-state index is 0.0552. The minimum absolute atomic E-state index is 0.0552. The molecule has 0 aromatic carbocycles. The maximum Gasteiger partial charge on any atom is 0.0701 e. The van der Waals surface area contributed by atoms with Crippen LogP contribution < -0.4 is 89.7 Å². The van der Waals surface area contributed by atoms with Crippen LogP contribution in [0.2, 0.25) is 0 Å². The Balaban J connectivity index is -0.000000211. The van der Waals surface area contributed by atoms with Crippen LogP contribution in [0, 0.1) is 0 Å². The first-order valence-corrected chi connectivity index (χ1v) is 31.0. The van der Waals surface area contributed by atoms with Crippen LogP contribution in [0.4, 0.5) is 0 Å². The van der Waals surface area contributed by atoms with Gasteiger partial charge in [-0.3, -0.25) is 0 Å². The first-order chi connectivity index (χ1) is 40.7. The molecule has 29 heteroatoms. The summed E-state index contributed by atoms with van der Waals surface area (Å²) >= 11 is 0. The Kier molecular flexibility index (Phi) is 109. The fourth-order valence-corrected chi connectivity index (χ4v) is 6.20. The third-order valence-electron chi connectivity index (χ3n) is 10.6. The van der Waals surface area contributed by atoms with Gasteiger partial charge in [-0.15, -0.1) is 0 Å². The topological polar surface area (TPSA) is 470 Å². The Morgan fingerprint density at radius 1 is 0.313 bits per heavy atom. The van der Waals surface area contributed by atoms with Gasteiger partial charge in [0, 0.05) is 144 Å². The molecule has 0 bridgehead atoms. The van der Waals surface area contributed by atoms with E-state index in [4.69, 9.17) is 111 Å². The number of hydrogen-bond acceptors (Lipinski definition) is 29. The summed E-state index contributed by atoms with van der Waals surface area (Å²) in [5, 5.41) is 32.8. The third kappa shape index (κ3) is 106. The van der Waals surface area contributed by atoms with Gasteiger partial charge in [0.05, 0.1) is 119 Å². The van der Waals surface area contributed by atoms with Gasteiger partial charge in [-0.1, -0.05) is 13.3 Å². The van der Waals surface area contributed by atoms with Crippen LogP contribution in [0.3, 0.4) is 0 Å². The monoisotopic (exact) mass is 1210 g/mol. The van der Waals surface area contributed by atoms with E-state index < -0.39 is 0 Å². The SMILES string of the molecule is CCCCN1CCN(CCCN)CC1.CN(CCCN)CCCN.NCCNCCN.NCCNCCNCCNCCNCCN.NCCOCCOCCO.NCCOCCOCCOCCN.NCCOCCOCCOCCO. The van der Waals surface area contributed by atoms with Crippen molar-refractivity contribution >= 4 is 0 Å². The summed E-state index contributed by atoms with van der Waals surface area (Å²) in [6.07, 6.45) is 5.98. The van der Waals surface area contributed by atoms with Crippen molar-refractivity contribution < 1.29 is 48.1 Å². The van der Waals surface area contributed by atoms with Gasteiger partial charge in [-0.05, 0) is 78.5 Å². The molecule has 1 saturated heterocycles. The number of nitrogens with two attached hydrogens (primary N) is 11. The smallest absolute Gasteiger partial charge is 0.0701 e. The first kappa shape index (κ1) is 93.0. The molecule has 0 atom stereocenters. The number of ether oxygens (including phenoxy) is 8.